The van der Waals surface area contributed by atoms with Gasteiger partial charge in [0, 0.05) is 52.4 Å². The second-order valence-electron chi connectivity index (χ2n) is 13.2. The van der Waals surface area contributed by atoms with Gasteiger partial charge in [0.05, 0.1) is 45.7 Å². The van der Waals surface area contributed by atoms with E-state index in [9.17, 15) is 16.8 Å². The summed E-state index contributed by atoms with van der Waals surface area (Å²) >= 11 is 0. The number of pyridine rings is 2. The monoisotopic (exact) mass is 719 g/mol. The van der Waals surface area contributed by atoms with Crippen molar-refractivity contribution in [3.05, 3.63) is 107 Å². The zero-order valence-corrected chi connectivity index (χ0v) is 31.4. The molecule has 0 radical (unpaired) electrons. The van der Waals surface area contributed by atoms with E-state index in [2.05, 4.69) is 21.7 Å². The molecule has 0 spiro atoms. The summed E-state index contributed by atoms with van der Waals surface area (Å²) in [6.45, 7) is 8.85. The minimum atomic E-state index is -3.82. The molecule has 0 N–H and O–H groups in total. The van der Waals surface area contributed by atoms with Crippen LogP contribution < -0.4 is 0 Å². The lowest BCUT2D eigenvalue weighted by atomic mass is 10.2. The van der Waals surface area contributed by atoms with E-state index in [1.54, 1.807) is 24.3 Å². The molecular weight excluding hydrogens is 671 g/mol. The first-order valence-electron chi connectivity index (χ1n) is 16.9. The molecule has 13 heteroatoms. The normalized spacial score (nSPS) is 18.0. The van der Waals surface area contributed by atoms with Gasteiger partial charge in [0.15, 0.2) is 0 Å². The predicted molar refractivity (Wildman–Crippen MR) is 198 cm³/mol. The van der Waals surface area contributed by atoms with Crippen LogP contribution in [0.2, 0.25) is 0 Å². The van der Waals surface area contributed by atoms with Crippen LogP contribution in [-0.2, 0) is 33.1 Å². The summed E-state index contributed by atoms with van der Waals surface area (Å²) in [5.74, 6) is 0. The van der Waals surface area contributed by atoms with Gasteiger partial charge < -0.3 is 14.7 Å². The molecule has 0 saturated heterocycles. The van der Waals surface area contributed by atoms with Crippen molar-refractivity contribution >= 4 is 20.0 Å². The third-order valence-corrected chi connectivity index (χ3v) is 12.8. The van der Waals surface area contributed by atoms with Crippen molar-refractivity contribution in [3.63, 3.8) is 0 Å². The lowest BCUT2D eigenvalue weighted by Gasteiger charge is -2.28. The van der Waals surface area contributed by atoms with Crippen molar-refractivity contribution in [2.24, 2.45) is 0 Å². The Bertz CT molecular complexity index is 1800. The Morgan fingerprint density at radius 2 is 0.780 bits per heavy atom. The van der Waals surface area contributed by atoms with Crippen molar-refractivity contribution in [2.75, 3.05) is 73.5 Å². The van der Waals surface area contributed by atoms with Gasteiger partial charge in [-0.3, -0.25) is 0 Å². The van der Waals surface area contributed by atoms with Gasteiger partial charge in [0.2, 0.25) is 20.0 Å². The van der Waals surface area contributed by atoms with Gasteiger partial charge in [0.1, 0.15) is 0 Å². The van der Waals surface area contributed by atoms with Gasteiger partial charge in [-0.25, -0.2) is 26.8 Å². The van der Waals surface area contributed by atoms with Crippen LogP contribution in [0.15, 0.2) is 94.7 Å². The highest BCUT2D eigenvalue weighted by molar-refractivity contribution is 7.89. The lowest BCUT2D eigenvalue weighted by molar-refractivity contribution is 0.214. The van der Waals surface area contributed by atoms with Crippen molar-refractivity contribution < 1.29 is 16.8 Å². The van der Waals surface area contributed by atoms with Crippen LogP contribution in [0.1, 0.15) is 22.5 Å². The minimum absolute atomic E-state index is 0.0897. The molecule has 11 nitrogen and oxygen atoms in total. The molecule has 0 amide bonds. The molecule has 268 valence electrons. The number of fused-ring (bicyclic) bond motifs is 5. The molecule has 0 fully saturated rings. The molecule has 2 aromatic heterocycles. The van der Waals surface area contributed by atoms with Gasteiger partial charge in [-0.05, 0) is 83.5 Å². The van der Waals surface area contributed by atoms with E-state index in [-0.39, 0.29) is 22.9 Å². The first-order chi connectivity index (χ1) is 23.8. The molecule has 0 unspecified atom stereocenters. The second-order valence-corrected chi connectivity index (χ2v) is 17.1. The maximum absolute atomic E-state index is 14.0. The van der Waals surface area contributed by atoms with Crippen LogP contribution in [0.4, 0.5) is 0 Å². The molecule has 5 rings (SSSR count). The molecule has 1 aliphatic rings. The molecule has 0 atom stereocenters. The van der Waals surface area contributed by atoms with Crippen LogP contribution in [0.5, 0.6) is 0 Å². The largest absolute Gasteiger partial charge is 0.304 e. The SMILES string of the molecule is Cc1ccc(S(=O)(=O)N2CCN(C)CCN(C)CCN(C)CCN(S(=O)(=O)c3ccc(C)cc3)Cc3cccc(n3)-c3cccc(n3)C2)cc1. The quantitative estimate of drug-likeness (QED) is 0.310. The second kappa shape index (κ2) is 16.6. The van der Waals surface area contributed by atoms with Crippen molar-refractivity contribution in [1.29, 1.82) is 0 Å². The summed E-state index contributed by atoms with van der Waals surface area (Å²) in [6, 6.07) is 24.9. The van der Waals surface area contributed by atoms with Gasteiger partial charge >= 0.3 is 0 Å². The lowest BCUT2D eigenvalue weighted by Crippen LogP contribution is -2.41. The van der Waals surface area contributed by atoms with Crippen LogP contribution in [-0.4, -0.2) is 124 Å². The average molecular weight is 720 g/mol. The number of aromatic nitrogens is 2. The average Bonchev–Trinajstić information content (AvgIpc) is 3.10. The smallest absolute Gasteiger partial charge is 0.243 e. The molecule has 50 heavy (non-hydrogen) atoms. The molecule has 3 heterocycles. The minimum Gasteiger partial charge on any atom is -0.304 e. The Kier molecular flexibility index (Phi) is 12.5. The highest BCUT2D eigenvalue weighted by atomic mass is 32.2. The number of nitrogens with zero attached hydrogens (tertiary/aromatic N) is 7. The number of rotatable bonds is 4. The number of sulfonamides is 2. The van der Waals surface area contributed by atoms with E-state index >= 15 is 0 Å². The molecule has 0 saturated carbocycles. The van der Waals surface area contributed by atoms with E-state index in [0.29, 0.717) is 49.0 Å². The molecular formula is C37H49N7O4S2. The Balaban J connectivity index is 1.50. The Hall–Kier alpha value is -3.56. The Morgan fingerprint density at radius 3 is 1.12 bits per heavy atom. The van der Waals surface area contributed by atoms with Crippen molar-refractivity contribution in [2.45, 2.75) is 36.7 Å². The van der Waals surface area contributed by atoms with E-state index in [0.717, 1.165) is 37.3 Å². The topological polar surface area (TPSA) is 110 Å². The first-order valence-corrected chi connectivity index (χ1v) is 19.8. The highest BCUT2D eigenvalue weighted by Gasteiger charge is 2.27. The fourth-order valence-corrected chi connectivity index (χ4v) is 8.46. The highest BCUT2D eigenvalue weighted by Crippen LogP contribution is 2.23. The molecule has 4 aromatic rings. The number of aryl methyl sites for hydroxylation is 2. The summed E-state index contributed by atoms with van der Waals surface area (Å²) in [7, 11) is -1.56. The van der Waals surface area contributed by atoms with Crippen LogP contribution >= 0.6 is 0 Å². The van der Waals surface area contributed by atoms with Crippen LogP contribution in [0, 0.1) is 13.8 Å². The summed E-state index contributed by atoms with van der Waals surface area (Å²) in [5.41, 5.74) is 4.31. The van der Waals surface area contributed by atoms with E-state index < -0.39 is 20.0 Å². The van der Waals surface area contributed by atoms with E-state index in [4.69, 9.17) is 9.97 Å². The maximum atomic E-state index is 14.0. The standard InChI is InChI=1S/C37H49N7O4S2/c1-30-12-16-34(17-13-30)49(45,46)43-26-24-41(4)22-20-40(3)21-23-42(5)25-27-44(50(47,48)35-18-14-31(2)15-19-35)29-33-9-7-11-37(39-33)36-10-6-8-32(28-43)38-36/h6-19H,20-29H2,1-5H3. The van der Waals surface area contributed by atoms with Gasteiger partial charge in [-0.1, -0.05) is 47.5 Å². The fourth-order valence-electron chi connectivity index (χ4n) is 5.65. The van der Waals surface area contributed by atoms with Crippen molar-refractivity contribution in [3.8, 4) is 11.4 Å². The molecule has 4 bridgehead atoms. The van der Waals surface area contributed by atoms with E-state index in [1.165, 1.54) is 8.61 Å². The number of benzene rings is 2. The Morgan fingerprint density at radius 1 is 0.460 bits per heavy atom. The van der Waals surface area contributed by atoms with Crippen LogP contribution in [0.3, 0.4) is 0 Å². The zero-order chi connectivity index (χ0) is 35.9. The maximum Gasteiger partial charge on any atom is 0.243 e. The summed E-state index contributed by atoms with van der Waals surface area (Å²) < 4.78 is 58.9. The molecule has 2 aromatic carbocycles. The third-order valence-electron chi connectivity index (χ3n) is 9.06. The summed E-state index contributed by atoms with van der Waals surface area (Å²) in [4.78, 5) is 16.7. The van der Waals surface area contributed by atoms with Gasteiger partial charge in [-0.15, -0.1) is 0 Å². The fraction of sp³-hybridized carbons (Fsp3) is 0.405. The third kappa shape index (κ3) is 9.81. The number of likely N-dealkylation sites (N-methyl/N-ethyl adjacent to an activating group) is 3. The molecule has 1 aliphatic heterocycles. The van der Waals surface area contributed by atoms with Crippen LogP contribution in [0.25, 0.3) is 11.4 Å². The summed E-state index contributed by atoms with van der Waals surface area (Å²) in [6.07, 6.45) is 0. The van der Waals surface area contributed by atoms with Crippen molar-refractivity contribution in [1.82, 2.24) is 33.3 Å². The van der Waals surface area contributed by atoms with Gasteiger partial charge in [0.25, 0.3) is 0 Å². The Labute approximate surface area is 298 Å². The molecule has 0 aliphatic carbocycles. The zero-order valence-electron chi connectivity index (χ0n) is 29.7. The predicted octanol–water partition coefficient (Wildman–Crippen LogP) is 3.95. The first kappa shape index (κ1) is 37.7. The van der Waals surface area contributed by atoms with Gasteiger partial charge in [-0.2, -0.15) is 8.61 Å². The number of hydrogen-bond acceptors (Lipinski definition) is 9. The van der Waals surface area contributed by atoms with E-state index in [1.807, 2.05) is 88.6 Å². The summed E-state index contributed by atoms with van der Waals surface area (Å²) in [5, 5.41) is 0. The number of hydrogen-bond donors (Lipinski definition) is 0.